The Labute approximate surface area is 361 Å². The third kappa shape index (κ3) is 5.48. The van der Waals surface area contributed by atoms with Crippen LogP contribution < -0.4 is 0 Å². The van der Waals surface area contributed by atoms with Crippen molar-refractivity contribution in [2.45, 2.75) is 0 Å². The number of benzene rings is 9. The molecule has 0 radical (unpaired) electrons. The van der Waals surface area contributed by atoms with E-state index >= 15 is 0 Å². The second kappa shape index (κ2) is 14.0. The summed E-state index contributed by atoms with van der Waals surface area (Å²) in [6.45, 7) is 0. The number of furan rings is 1. The number of rotatable bonds is 6. The lowest BCUT2D eigenvalue weighted by molar-refractivity contribution is 0.673. The summed E-state index contributed by atoms with van der Waals surface area (Å²) in [4.78, 5) is 15.4. The zero-order chi connectivity index (χ0) is 41.4. The van der Waals surface area contributed by atoms with Crippen LogP contribution in [-0.4, -0.2) is 24.1 Å². The molecule has 0 aliphatic rings. The van der Waals surface area contributed by atoms with E-state index in [1.807, 2.05) is 60.7 Å². The van der Waals surface area contributed by atoms with Crippen LogP contribution in [0.1, 0.15) is 0 Å². The van der Waals surface area contributed by atoms with Crippen molar-refractivity contribution in [2.75, 3.05) is 0 Å². The maximum Gasteiger partial charge on any atom is 0.166 e. The normalized spacial score (nSPS) is 11.8. The van der Waals surface area contributed by atoms with Gasteiger partial charge in [-0.3, -0.25) is 0 Å². The van der Waals surface area contributed by atoms with Crippen LogP contribution >= 0.6 is 0 Å². The van der Waals surface area contributed by atoms with Gasteiger partial charge in [-0.15, -0.1) is 0 Å². The van der Waals surface area contributed by atoms with Gasteiger partial charge in [-0.25, -0.2) is 15.0 Å². The molecule has 0 aliphatic heterocycles. The van der Waals surface area contributed by atoms with E-state index in [2.05, 4.69) is 161 Å². The van der Waals surface area contributed by atoms with Crippen molar-refractivity contribution >= 4 is 65.6 Å². The highest BCUT2D eigenvalue weighted by Gasteiger charge is 2.25. The van der Waals surface area contributed by atoms with Crippen LogP contribution in [-0.2, 0) is 0 Å². The average Bonchev–Trinajstić information content (AvgIpc) is 4.03. The Hall–Kier alpha value is -8.61. The maximum absolute atomic E-state index is 7.39. The van der Waals surface area contributed by atoms with E-state index in [0.717, 1.165) is 93.8 Å². The van der Waals surface area contributed by atoms with Crippen molar-refractivity contribution in [3.63, 3.8) is 0 Å². The predicted molar refractivity (Wildman–Crippen MR) is 258 cm³/mol. The highest BCUT2D eigenvalue weighted by atomic mass is 16.3. The minimum atomic E-state index is 0.588. The first-order valence-electron chi connectivity index (χ1n) is 21.2. The predicted octanol–water partition coefficient (Wildman–Crippen LogP) is 14.6. The Balaban J connectivity index is 1.10. The summed E-state index contributed by atoms with van der Waals surface area (Å²) in [5.41, 5.74) is 13.0. The van der Waals surface area contributed by atoms with Gasteiger partial charge in [0, 0.05) is 54.7 Å². The quantitative estimate of drug-likeness (QED) is 0.168. The zero-order valence-electron chi connectivity index (χ0n) is 33.9. The van der Waals surface area contributed by atoms with E-state index in [9.17, 15) is 0 Å². The van der Waals surface area contributed by atoms with Gasteiger partial charge in [-0.2, -0.15) is 0 Å². The molecule has 4 heterocycles. The molecule has 4 aromatic heterocycles. The third-order valence-electron chi connectivity index (χ3n) is 12.4. The van der Waals surface area contributed by atoms with Crippen molar-refractivity contribution < 1.29 is 4.42 Å². The minimum Gasteiger partial charge on any atom is -0.452 e. The first-order valence-corrected chi connectivity index (χ1v) is 21.2. The number of fused-ring (bicyclic) bond motifs is 11. The lowest BCUT2D eigenvalue weighted by atomic mass is 10.1. The molecule has 0 N–H and O–H groups in total. The molecular weight excluding hydrogens is 771 g/mol. The van der Waals surface area contributed by atoms with E-state index in [-0.39, 0.29) is 0 Å². The Kier molecular flexibility index (Phi) is 7.80. The summed E-state index contributed by atoms with van der Waals surface area (Å²) in [5.74, 6) is 1.82. The molecule has 294 valence electrons. The van der Waals surface area contributed by atoms with Gasteiger partial charge in [0.15, 0.2) is 28.6 Å². The smallest absolute Gasteiger partial charge is 0.166 e. The number of nitrogens with zero attached hydrogens (tertiary/aromatic N) is 5. The standard InChI is InChI=1S/C57H35N5O/c1-4-17-36(18-5-1)39-23-16-24-40(35-39)61-48-28-13-10-25-41(48)43-31-33-45-46-34-32-44-42-26-11-14-29-49(42)62(52(44)54(46)63-53(45)51(43)61)50-30-15-12-27-47(50)57-59-55(37-19-6-2-7-20-37)58-56(60-57)38-21-8-3-9-22-38/h1-35H. The fourth-order valence-electron chi connectivity index (χ4n) is 9.55. The molecule has 0 saturated carbocycles. The second-order valence-corrected chi connectivity index (χ2v) is 16.0. The van der Waals surface area contributed by atoms with Crippen LogP contribution in [0.25, 0.3) is 122 Å². The Morgan fingerprint density at radius 2 is 0.778 bits per heavy atom. The number of para-hydroxylation sites is 3. The molecule has 0 aliphatic carbocycles. The fraction of sp³-hybridized carbons (Fsp3) is 0. The van der Waals surface area contributed by atoms with Crippen LogP contribution in [0.4, 0.5) is 0 Å². The van der Waals surface area contributed by atoms with Gasteiger partial charge in [0.1, 0.15) is 0 Å². The molecule has 6 heteroatoms. The highest BCUT2D eigenvalue weighted by molar-refractivity contribution is 6.26. The molecule has 0 saturated heterocycles. The summed E-state index contributed by atoms with van der Waals surface area (Å²) in [6, 6.07) is 74.2. The van der Waals surface area contributed by atoms with Crippen molar-refractivity contribution in [1.82, 2.24) is 24.1 Å². The molecule has 13 aromatic rings. The van der Waals surface area contributed by atoms with E-state index in [4.69, 9.17) is 19.4 Å². The average molecular weight is 806 g/mol. The SMILES string of the molecule is c1ccc(-c2cccc(-n3c4ccccc4c4ccc5c6ccc7c8ccccc8n(-c8ccccc8-c8nc(-c9ccccc9)nc(-c9ccccc9)n8)c7c6oc5c43)c2)cc1. The molecule has 0 atom stereocenters. The molecule has 63 heavy (non-hydrogen) atoms. The van der Waals surface area contributed by atoms with Crippen LogP contribution in [0.3, 0.4) is 0 Å². The van der Waals surface area contributed by atoms with Crippen LogP contribution in [0.5, 0.6) is 0 Å². The van der Waals surface area contributed by atoms with E-state index in [1.54, 1.807) is 0 Å². The van der Waals surface area contributed by atoms with Gasteiger partial charge in [0.2, 0.25) is 0 Å². The van der Waals surface area contributed by atoms with Gasteiger partial charge in [0.25, 0.3) is 0 Å². The summed E-state index contributed by atoms with van der Waals surface area (Å²) in [7, 11) is 0. The zero-order valence-corrected chi connectivity index (χ0v) is 33.9. The maximum atomic E-state index is 7.39. The van der Waals surface area contributed by atoms with Crippen LogP contribution in [0.15, 0.2) is 217 Å². The number of aromatic nitrogens is 5. The molecule has 0 unspecified atom stereocenters. The number of hydrogen-bond acceptors (Lipinski definition) is 4. The molecule has 6 nitrogen and oxygen atoms in total. The Bertz CT molecular complexity index is 3850. The monoisotopic (exact) mass is 805 g/mol. The first kappa shape index (κ1) is 35.2. The highest BCUT2D eigenvalue weighted by Crippen LogP contribution is 2.45. The van der Waals surface area contributed by atoms with Gasteiger partial charge in [-0.1, -0.05) is 164 Å². The van der Waals surface area contributed by atoms with Crippen molar-refractivity contribution in [3.05, 3.63) is 212 Å². The van der Waals surface area contributed by atoms with E-state index in [0.29, 0.717) is 17.5 Å². The van der Waals surface area contributed by atoms with Gasteiger partial charge >= 0.3 is 0 Å². The fourth-order valence-corrected chi connectivity index (χ4v) is 9.55. The largest absolute Gasteiger partial charge is 0.452 e. The Morgan fingerprint density at radius 1 is 0.317 bits per heavy atom. The molecule has 9 aromatic carbocycles. The van der Waals surface area contributed by atoms with Gasteiger partial charge < -0.3 is 13.6 Å². The Morgan fingerprint density at radius 3 is 1.40 bits per heavy atom. The minimum absolute atomic E-state index is 0.588. The van der Waals surface area contributed by atoms with Crippen molar-refractivity contribution in [1.29, 1.82) is 0 Å². The summed E-state index contributed by atoms with van der Waals surface area (Å²) in [6.07, 6.45) is 0. The molecule has 0 fully saturated rings. The number of hydrogen-bond donors (Lipinski definition) is 0. The topological polar surface area (TPSA) is 61.7 Å². The molecule has 0 spiro atoms. The first-order chi connectivity index (χ1) is 31.3. The van der Waals surface area contributed by atoms with Crippen molar-refractivity contribution in [2.24, 2.45) is 0 Å². The van der Waals surface area contributed by atoms with E-state index in [1.165, 1.54) is 10.9 Å². The summed E-state index contributed by atoms with van der Waals surface area (Å²) in [5, 5.41) is 6.66. The van der Waals surface area contributed by atoms with Crippen molar-refractivity contribution in [3.8, 4) is 56.7 Å². The summed E-state index contributed by atoms with van der Waals surface area (Å²) < 4.78 is 12.1. The molecule has 13 rings (SSSR count). The van der Waals surface area contributed by atoms with Crippen LogP contribution in [0, 0.1) is 0 Å². The van der Waals surface area contributed by atoms with Gasteiger partial charge in [0.05, 0.1) is 27.8 Å². The molecule has 0 amide bonds. The summed E-state index contributed by atoms with van der Waals surface area (Å²) >= 11 is 0. The van der Waals surface area contributed by atoms with Gasteiger partial charge in [-0.05, 0) is 59.7 Å². The van der Waals surface area contributed by atoms with Crippen LogP contribution in [0.2, 0.25) is 0 Å². The lowest BCUT2D eigenvalue weighted by Crippen LogP contribution is -2.03. The molecular formula is C57H35N5O. The second-order valence-electron chi connectivity index (χ2n) is 16.0. The van der Waals surface area contributed by atoms with E-state index < -0.39 is 0 Å². The molecule has 0 bridgehead atoms. The third-order valence-corrected chi connectivity index (χ3v) is 12.4. The lowest BCUT2D eigenvalue weighted by Gasteiger charge is -2.14.